The average Bonchev–Trinajstić information content (AvgIpc) is 2.81. The molecule has 0 fully saturated rings. The first kappa shape index (κ1) is 12.4. The Morgan fingerprint density at radius 1 is 1.39 bits per heavy atom. The SMILES string of the molecule is CC(=O)c1cccc(F)c1N(C)Cc1ccoc1. The minimum Gasteiger partial charge on any atom is -0.472 e. The van der Waals surface area contributed by atoms with Crippen molar-refractivity contribution in [2.24, 2.45) is 0 Å². The van der Waals surface area contributed by atoms with Crippen LogP contribution in [-0.4, -0.2) is 12.8 Å². The number of carbonyl (C=O) groups excluding carboxylic acids is 1. The summed E-state index contributed by atoms with van der Waals surface area (Å²) in [6.07, 6.45) is 3.17. The number of para-hydroxylation sites is 1. The number of halogens is 1. The molecule has 2 rings (SSSR count). The number of furan rings is 1. The lowest BCUT2D eigenvalue weighted by Gasteiger charge is -2.21. The standard InChI is InChI=1S/C14H14FNO2/c1-10(17)12-4-3-5-13(15)14(12)16(2)8-11-6-7-18-9-11/h3-7,9H,8H2,1-2H3. The Labute approximate surface area is 105 Å². The molecule has 0 atom stereocenters. The Morgan fingerprint density at radius 2 is 2.17 bits per heavy atom. The predicted molar refractivity (Wildman–Crippen MR) is 67.2 cm³/mol. The summed E-state index contributed by atoms with van der Waals surface area (Å²) < 4.78 is 18.8. The topological polar surface area (TPSA) is 33.5 Å². The molecule has 0 aliphatic heterocycles. The van der Waals surface area contributed by atoms with Crippen molar-refractivity contribution < 1.29 is 13.6 Å². The van der Waals surface area contributed by atoms with Gasteiger partial charge in [0.25, 0.3) is 0 Å². The van der Waals surface area contributed by atoms with Gasteiger partial charge in [0, 0.05) is 24.7 Å². The van der Waals surface area contributed by atoms with E-state index in [4.69, 9.17) is 4.42 Å². The van der Waals surface area contributed by atoms with E-state index < -0.39 is 5.82 Å². The van der Waals surface area contributed by atoms with Crippen molar-refractivity contribution in [1.82, 2.24) is 0 Å². The van der Waals surface area contributed by atoms with Crippen molar-refractivity contribution in [2.45, 2.75) is 13.5 Å². The van der Waals surface area contributed by atoms with E-state index in [2.05, 4.69) is 0 Å². The third kappa shape index (κ3) is 2.42. The molecule has 2 aromatic rings. The Hall–Kier alpha value is -2.10. The maximum atomic E-state index is 13.9. The van der Waals surface area contributed by atoms with E-state index in [-0.39, 0.29) is 5.78 Å². The van der Waals surface area contributed by atoms with Crippen LogP contribution in [0.4, 0.5) is 10.1 Å². The minimum absolute atomic E-state index is 0.149. The largest absolute Gasteiger partial charge is 0.472 e. The first-order chi connectivity index (χ1) is 8.59. The molecule has 0 amide bonds. The first-order valence-electron chi connectivity index (χ1n) is 5.61. The fraction of sp³-hybridized carbons (Fsp3) is 0.214. The maximum Gasteiger partial charge on any atom is 0.161 e. The van der Waals surface area contributed by atoms with E-state index in [9.17, 15) is 9.18 Å². The van der Waals surface area contributed by atoms with Crippen LogP contribution in [0.2, 0.25) is 0 Å². The van der Waals surface area contributed by atoms with Crippen molar-refractivity contribution in [3.8, 4) is 0 Å². The molecular formula is C14H14FNO2. The van der Waals surface area contributed by atoms with Gasteiger partial charge in [0.05, 0.1) is 18.2 Å². The molecule has 0 N–H and O–H groups in total. The summed E-state index contributed by atoms with van der Waals surface area (Å²) in [5, 5.41) is 0. The highest BCUT2D eigenvalue weighted by Crippen LogP contribution is 2.25. The van der Waals surface area contributed by atoms with Gasteiger partial charge in [-0.05, 0) is 25.1 Å². The van der Waals surface area contributed by atoms with Crippen LogP contribution in [-0.2, 0) is 6.54 Å². The van der Waals surface area contributed by atoms with E-state index in [0.29, 0.717) is 17.8 Å². The number of ketones is 1. The van der Waals surface area contributed by atoms with E-state index in [1.54, 1.807) is 36.6 Å². The van der Waals surface area contributed by atoms with Crippen LogP contribution in [0, 0.1) is 5.82 Å². The second-order valence-corrected chi connectivity index (χ2v) is 4.18. The van der Waals surface area contributed by atoms with Crippen LogP contribution in [0.1, 0.15) is 22.8 Å². The lowest BCUT2D eigenvalue weighted by atomic mass is 10.1. The number of rotatable bonds is 4. The first-order valence-corrected chi connectivity index (χ1v) is 5.61. The molecule has 1 heterocycles. The summed E-state index contributed by atoms with van der Waals surface area (Å²) >= 11 is 0. The summed E-state index contributed by atoms with van der Waals surface area (Å²) in [5.41, 5.74) is 1.64. The van der Waals surface area contributed by atoms with Crippen molar-refractivity contribution in [3.05, 3.63) is 53.7 Å². The third-order valence-corrected chi connectivity index (χ3v) is 2.75. The third-order valence-electron chi connectivity index (χ3n) is 2.75. The molecule has 0 saturated heterocycles. The maximum absolute atomic E-state index is 13.9. The summed E-state index contributed by atoms with van der Waals surface area (Å²) in [6, 6.07) is 6.34. The van der Waals surface area contributed by atoms with Gasteiger partial charge in [-0.1, -0.05) is 6.07 Å². The second-order valence-electron chi connectivity index (χ2n) is 4.18. The van der Waals surface area contributed by atoms with E-state index in [1.165, 1.54) is 13.0 Å². The normalized spacial score (nSPS) is 10.4. The van der Waals surface area contributed by atoms with Gasteiger partial charge in [0.1, 0.15) is 5.82 Å². The van der Waals surface area contributed by atoms with Crippen LogP contribution in [0.15, 0.2) is 41.2 Å². The molecule has 0 radical (unpaired) electrons. The molecule has 0 aliphatic carbocycles. The van der Waals surface area contributed by atoms with Gasteiger partial charge >= 0.3 is 0 Å². The Kier molecular flexibility index (Phi) is 3.46. The smallest absolute Gasteiger partial charge is 0.161 e. The van der Waals surface area contributed by atoms with Crippen molar-refractivity contribution in [3.63, 3.8) is 0 Å². The van der Waals surface area contributed by atoms with Gasteiger partial charge in [-0.2, -0.15) is 0 Å². The fourth-order valence-electron chi connectivity index (χ4n) is 1.92. The molecular weight excluding hydrogens is 233 g/mol. The number of Topliss-reactive ketones (excluding diaryl/α,β-unsaturated/α-hetero) is 1. The zero-order valence-corrected chi connectivity index (χ0v) is 10.3. The van der Waals surface area contributed by atoms with Crippen molar-refractivity contribution in [1.29, 1.82) is 0 Å². The highest BCUT2D eigenvalue weighted by Gasteiger charge is 2.16. The molecule has 0 aliphatic rings. The number of carbonyl (C=O) groups is 1. The van der Waals surface area contributed by atoms with Crippen LogP contribution in [0.5, 0.6) is 0 Å². The molecule has 18 heavy (non-hydrogen) atoms. The lowest BCUT2D eigenvalue weighted by Crippen LogP contribution is -2.20. The molecule has 1 aromatic carbocycles. The molecule has 94 valence electrons. The Morgan fingerprint density at radius 3 is 2.78 bits per heavy atom. The molecule has 4 heteroatoms. The zero-order valence-electron chi connectivity index (χ0n) is 10.3. The molecule has 0 bridgehead atoms. The van der Waals surface area contributed by atoms with Gasteiger partial charge in [0.2, 0.25) is 0 Å². The molecule has 3 nitrogen and oxygen atoms in total. The van der Waals surface area contributed by atoms with Gasteiger partial charge < -0.3 is 9.32 Å². The van der Waals surface area contributed by atoms with Crippen LogP contribution < -0.4 is 4.90 Å². The fourth-order valence-corrected chi connectivity index (χ4v) is 1.92. The zero-order chi connectivity index (χ0) is 13.1. The van der Waals surface area contributed by atoms with E-state index >= 15 is 0 Å². The molecule has 0 saturated carbocycles. The van der Waals surface area contributed by atoms with Crippen LogP contribution in [0.25, 0.3) is 0 Å². The van der Waals surface area contributed by atoms with Gasteiger partial charge in [-0.25, -0.2) is 4.39 Å². The summed E-state index contributed by atoms with van der Waals surface area (Å²) in [6.45, 7) is 1.92. The predicted octanol–water partition coefficient (Wildman–Crippen LogP) is 3.26. The Balaban J connectivity index is 2.34. The number of benzene rings is 1. The summed E-state index contributed by atoms with van der Waals surface area (Å²) in [5.74, 6) is -0.544. The van der Waals surface area contributed by atoms with Crippen LogP contribution >= 0.6 is 0 Å². The van der Waals surface area contributed by atoms with Gasteiger partial charge in [0.15, 0.2) is 5.78 Å². The molecule has 0 unspecified atom stereocenters. The monoisotopic (exact) mass is 247 g/mol. The number of nitrogens with zero attached hydrogens (tertiary/aromatic N) is 1. The summed E-state index contributed by atoms with van der Waals surface area (Å²) in [4.78, 5) is 13.2. The number of anilines is 1. The molecule has 1 aromatic heterocycles. The van der Waals surface area contributed by atoms with E-state index in [0.717, 1.165) is 5.56 Å². The highest BCUT2D eigenvalue weighted by molar-refractivity contribution is 5.99. The Bertz CT molecular complexity index is 549. The summed E-state index contributed by atoms with van der Waals surface area (Å²) in [7, 11) is 1.75. The number of hydrogen-bond donors (Lipinski definition) is 0. The quantitative estimate of drug-likeness (QED) is 0.777. The van der Waals surface area contributed by atoms with Crippen molar-refractivity contribution in [2.75, 3.05) is 11.9 Å². The average molecular weight is 247 g/mol. The van der Waals surface area contributed by atoms with Gasteiger partial charge in [-0.3, -0.25) is 4.79 Å². The minimum atomic E-state index is -0.395. The lowest BCUT2D eigenvalue weighted by molar-refractivity contribution is 0.101. The second kappa shape index (κ2) is 5.04. The van der Waals surface area contributed by atoms with Crippen molar-refractivity contribution >= 4 is 11.5 Å². The molecule has 0 spiro atoms. The highest BCUT2D eigenvalue weighted by atomic mass is 19.1. The van der Waals surface area contributed by atoms with E-state index in [1.807, 2.05) is 6.07 Å². The van der Waals surface area contributed by atoms with Gasteiger partial charge in [-0.15, -0.1) is 0 Å². The number of hydrogen-bond acceptors (Lipinski definition) is 3. The van der Waals surface area contributed by atoms with Crippen LogP contribution in [0.3, 0.4) is 0 Å².